The van der Waals surface area contributed by atoms with Gasteiger partial charge in [0.25, 0.3) is 0 Å². The van der Waals surface area contributed by atoms with E-state index in [9.17, 15) is 0 Å². The van der Waals surface area contributed by atoms with Gasteiger partial charge in [0.1, 0.15) is 0 Å². The van der Waals surface area contributed by atoms with E-state index in [2.05, 4.69) is 34.8 Å². The van der Waals surface area contributed by atoms with Crippen molar-refractivity contribution in [3.63, 3.8) is 0 Å². The molecule has 2 rings (SSSR count). The number of nitrogens with one attached hydrogen (secondary N) is 1. The van der Waals surface area contributed by atoms with E-state index in [0.29, 0.717) is 0 Å². The number of hydrazone groups is 1. The summed E-state index contributed by atoms with van der Waals surface area (Å²) < 4.78 is 0. The molecule has 2 heteroatoms. The summed E-state index contributed by atoms with van der Waals surface area (Å²) in [5.41, 5.74) is 3.89. The van der Waals surface area contributed by atoms with Gasteiger partial charge in [0, 0.05) is 12.6 Å². The molecule has 0 fully saturated rings. The van der Waals surface area contributed by atoms with Crippen molar-refractivity contribution in [1.29, 1.82) is 0 Å². The first-order valence-corrected chi connectivity index (χ1v) is 4.59. The molecule has 0 aliphatic rings. The number of rotatable bonds is 2. The zero-order chi connectivity index (χ0) is 9.80. The second kappa shape index (κ2) is 3.92. The molecule has 2 aromatic rings. The maximum absolute atomic E-state index is 4.02. The van der Waals surface area contributed by atoms with Gasteiger partial charge in [-0.2, -0.15) is 5.10 Å². The lowest BCUT2D eigenvalue weighted by Crippen LogP contribution is -1.95. The van der Waals surface area contributed by atoms with Gasteiger partial charge in [-0.3, -0.25) is 0 Å². The predicted molar refractivity (Wildman–Crippen MR) is 60.6 cm³/mol. The first-order valence-electron chi connectivity index (χ1n) is 4.59. The third-order valence-electron chi connectivity index (χ3n) is 2.16. The van der Waals surface area contributed by atoms with Crippen molar-refractivity contribution in [3.8, 4) is 0 Å². The maximum atomic E-state index is 4.02. The van der Waals surface area contributed by atoms with Crippen LogP contribution in [0.3, 0.4) is 0 Å². The molecule has 1 N–H and O–H groups in total. The Balaban J connectivity index is 2.59. The van der Waals surface area contributed by atoms with Crippen molar-refractivity contribution in [2.75, 3.05) is 7.05 Å². The van der Waals surface area contributed by atoms with Crippen LogP contribution in [0.2, 0.25) is 0 Å². The number of hydrogen-bond donors (Lipinski definition) is 1. The molecule has 70 valence electrons. The first-order chi connectivity index (χ1) is 6.92. The van der Waals surface area contributed by atoms with Gasteiger partial charge < -0.3 is 5.43 Å². The minimum atomic E-state index is 1.14. The highest BCUT2D eigenvalue weighted by molar-refractivity contribution is 5.99. The summed E-state index contributed by atoms with van der Waals surface area (Å²) in [6, 6.07) is 14.5. The van der Waals surface area contributed by atoms with Crippen LogP contribution in [0, 0.1) is 0 Å². The molecule has 0 spiro atoms. The van der Waals surface area contributed by atoms with Crippen LogP contribution in [0.5, 0.6) is 0 Å². The van der Waals surface area contributed by atoms with Gasteiger partial charge >= 0.3 is 0 Å². The minimum Gasteiger partial charge on any atom is -0.313 e. The summed E-state index contributed by atoms with van der Waals surface area (Å²) in [6.45, 7) is 0. The van der Waals surface area contributed by atoms with Crippen LogP contribution in [0.4, 0.5) is 0 Å². The summed E-state index contributed by atoms with van der Waals surface area (Å²) in [5, 5.41) is 6.49. The topological polar surface area (TPSA) is 24.4 Å². The Kier molecular flexibility index (Phi) is 2.45. The molecule has 0 bridgehead atoms. The highest BCUT2D eigenvalue weighted by atomic mass is 15.3. The molecule has 0 atom stereocenters. The molecule has 0 heterocycles. The van der Waals surface area contributed by atoms with Gasteiger partial charge in [-0.15, -0.1) is 0 Å². The second-order valence-electron chi connectivity index (χ2n) is 3.05. The van der Waals surface area contributed by atoms with E-state index in [1.165, 1.54) is 10.8 Å². The van der Waals surface area contributed by atoms with Crippen LogP contribution < -0.4 is 5.43 Å². The molecule has 0 aromatic heterocycles. The van der Waals surface area contributed by atoms with Crippen molar-refractivity contribution >= 4 is 17.0 Å². The van der Waals surface area contributed by atoms with Crippen LogP contribution in [-0.2, 0) is 0 Å². The highest BCUT2D eigenvalue weighted by Gasteiger charge is 1.95. The first kappa shape index (κ1) is 8.75. The third kappa shape index (κ3) is 1.59. The minimum absolute atomic E-state index is 1.14. The van der Waals surface area contributed by atoms with E-state index < -0.39 is 0 Å². The largest absolute Gasteiger partial charge is 0.313 e. The van der Waals surface area contributed by atoms with Crippen molar-refractivity contribution in [1.82, 2.24) is 5.43 Å². The average Bonchev–Trinajstić information content (AvgIpc) is 2.26. The van der Waals surface area contributed by atoms with Gasteiger partial charge in [0.05, 0.1) is 6.21 Å². The van der Waals surface area contributed by atoms with Gasteiger partial charge in [-0.05, 0) is 10.8 Å². The van der Waals surface area contributed by atoms with Crippen LogP contribution in [0.15, 0.2) is 47.6 Å². The fraction of sp³-hybridized carbons (Fsp3) is 0.0833. The van der Waals surface area contributed by atoms with E-state index in [1.54, 1.807) is 7.05 Å². The molecule has 0 unspecified atom stereocenters. The predicted octanol–water partition coefficient (Wildman–Crippen LogP) is 2.39. The van der Waals surface area contributed by atoms with E-state index in [4.69, 9.17) is 0 Å². The summed E-state index contributed by atoms with van der Waals surface area (Å²) in [7, 11) is 1.79. The molecular formula is C12H12N2. The number of hydrogen-bond acceptors (Lipinski definition) is 2. The fourth-order valence-electron chi connectivity index (χ4n) is 1.50. The molecule has 2 nitrogen and oxygen atoms in total. The lowest BCUT2D eigenvalue weighted by molar-refractivity contribution is 0.908. The number of nitrogens with zero attached hydrogens (tertiary/aromatic N) is 1. The average molecular weight is 184 g/mol. The quantitative estimate of drug-likeness (QED) is 0.562. The van der Waals surface area contributed by atoms with Gasteiger partial charge in [0.2, 0.25) is 0 Å². The van der Waals surface area contributed by atoms with Gasteiger partial charge in [-0.25, -0.2) is 0 Å². The standard InChI is InChI=1S/C12H12N2/c1-13-14-9-11-7-4-6-10-5-2-3-8-12(10)11/h2-9,13H,1H3/b14-9+. The SMILES string of the molecule is CN/N=C/c1cccc2ccccc12. The molecule has 0 aliphatic carbocycles. The molecule has 0 radical (unpaired) electrons. The van der Waals surface area contributed by atoms with Gasteiger partial charge in [-0.1, -0.05) is 42.5 Å². The zero-order valence-electron chi connectivity index (χ0n) is 8.07. The highest BCUT2D eigenvalue weighted by Crippen LogP contribution is 2.16. The summed E-state index contributed by atoms with van der Waals surface area (Å²) in [6.07, 6.45) is 1.84. The third-order valence-corrected chi connectivity index (χ3v) is 2.16. The Labute approximate surface area is 83.3 Å². The second-order valence-corrected chi connectivity index (χ2v) is 3.05. The smallest absolute Gasteiger partial charge is 0.0546 e. The van der Waals surface area contributed by atoms with Gasteiger partial charge in [0.15, 0.2) is 0 Å². The summed E-state index contributed by atoms with van der Waals surface area (Å²) in [4.78, 5) is 0. The Hall–Kier alpha value is -1.83. The van der Waals surface area contributed by atoms with Crippen LogP contribution in [0.25, 0.3) is 10.8 Å². The van der Waals surface area contributed by atoms with Crippen molar-refractivity contribution in [2.24, 2.45) is 5.10 Å². The Bertz CT molecular complexity index is 455. The normalized spacial score (nSPS) is 10.9. The lowest BCUT2D eigenvalue weighted by Gasteiger charge is -2.00. The molecule has 0 amide bonds. The molecular weight excluding hydrogens is 172 g/mol. The van der Waals surface area contributed by atoms with Crippen molar-refractivity contribution in [2.45, 2.75) is 0 Å². The Morgan fingerprint density at radius 3 is 2.71 bits per heavy atom. The van der Waals surface area contributed by atoms with Crippen molar-refractivity contribution < 1.29 is 0 Å². The van der Waals surface area contributed by atoms with E-state index in [0.717, 1.165) is 5.56 Å². The van der Waals surface area contributed by atoms with Crippen LogP contribution >= 0.6 is 0 Å². The number of benzene rings is 2. The van der Waals surface area contributed by atoms with E-state index in [-0.39, 0.29) is 0 Å². The van der Waals surface area contributed by atoms with Crippen molar-refractivity contribution in [3.05, 3.63) is 48.0 Å². The lowest BCUT2D eigenvalue weighted by atomic mass is 10.1. The fourth-order valence-corrected chi connectivity index (χ4v) is 1.50. The van der Waals surface area contributed by atoms with E-state index >= 15 is 0 Å². The monoisotopic (exact) mass is 184 g/mol. The van der Waals surface area contributed by atoms with Crippen LogP contribution in [-0.4, -0.2) is 13.3 Å². The number of fused-ring (bicyclic) bond motifs is 1. The molecule has 0 aliphatic heterocycles. The zero-order valence-corrected chi connectivity index (χ0v) is 8.07. The molecule has 2 aromatic carbocycles. The molecule has 0 saturated heterocycles. The molecule has 0 saturated carbocycles. The van der Waals surface area contributed by atoms with Crippen LogP contribution in [0.1, 0.15) is 5.56 Å². The summed E-state index contributed by atoms with van der Waals surface area (Å²) in [5.74, 6) is 0. The Morgan fingerprint density at radius 2 is 1.86 bits per heavy atom. The molecule has 14 heavy (non-hydrogen) atoms. The summed E-state index contributed by atoms with van der Waals surface area (Å²) >= 11 is 0. The Morgan fingerprint density at radius 1 is 1.07 bits per heavy atom. The van der Waals surface area contributed by atoms with E-state index in [1.807, 2.05) is 24.4 Å². The maximum Gasteiger partial charge on any atom is 0.0546 e.